The fourth-order valence-electron chi connectivity index (χ4n) is 1.72. The van der Waals surface area contributed by atoms with Crippen LogP contribution in [0.5, 0.6) is 0 Å². The average molecular weight is 238 g/mol. The average Bonchev–Trinajstić information content (AvgIpc) is 2.71. The molecule has 0 atom stereocenters. The van der Waals surface area contributed by atoms with Gasteiger partial charge in [-0.05, 0) is 22.1 Å². The van der Waals surface area contributed by atoms with Gasteiger partial charge in [0.2, 0.25) is 0 Å². The molecule has 0 spiro atoms. The van der Waals surface area contributed by atoms with Crippen LogP contribution in [0.1, 0.15) is 25.0 Å². The molecule has 1 aromatic rings. The van der Waals surface area contributed by atoms with Crippen molar-refractivity contribution in [1.29, 1.82) is 0 Å². The van der Waals surface area contributed by atoms with Gasteiger partial charge in [-0.2, -0.15) is 0 Å². The summed E-state index contributed by atoms with van der Waals surface area (Å²) in [4.78, 5) is 0. The summed E-state index contributed by atoms with van der Waals surface area (Å²) in [5, 5.41) is 36.6. The number of hydrogen-bond acceptors (Lipinski definition) is 5. The van der Waals surface area contributed by atoms with E-state index in [1.54, 1.807) is 6.07 Å². The van der Waals surface area contributed by atoms with Crippen LogP contribution in [0, 0.1) is 0 Å². The van der Waals surface area contributed by atoms with Crippen LogP contribution in [0.3, 0.4) is 0 Å². The lowest BCUT2D eigenvalue weighted by Gasteiger charge is -2.09. The number of benzene rings is 1. The van der Waals surface area contributed by atoms with Crippen molar-refractivity contribution in [2.24, 2.45) is 0 Å². The van der Waals surface area contributed by atoms with Crippen LogP contribution in [0.15, 0.2) is 12.1 Å². The van der Waals surface area contributed by atoms with Crippen LogP contribution in [0.25, 0.3) is 0 Å². The predicted octanol–water partition coefficient (Wildman–Crippen LogP) is -1.90. The summed E-state index contributed by atoms with van der Waals surface area (Å²) < 4.78 is 4.97. The van der Waals surface area contributed by atoms with Crippen LogP contribution in [0.4, 0.5) is 0 Å². The Morgan fingerprint density at radius 2 is 2.00 bits per heavy atom. The van der Waals surface area contributed by atoms with E-state index in [0.717, 1.165) is 5.56 Å². The molecule has 5 nitrogen and oxygen atoms in total. The minimum Gasteiger partial charge on any atom is -0.423 e. The molecule has 17 heavy (non-hydrogen) atoms. The number of fused-ring (bicyclic) bond motifs is 1. The third-order valence-corrected chi connectivity index (χ3v) is 2.51. The molecule has 1 aromatic carbocycles. The van der Waals surface area contributed by atoms with Crippen LogP contribution >= 0.6 is 0 Å². The molecule has 1 heterocycles. The van der Waals surface area contributed by atoms with Crippen molar-refractivity contribution in [2.45, 2.75) is 27.1 Å². The Kier molecular flexibility index (Phi) is 5.17. The van der Waals surface area contributed by atoms with Crippen molar-refractivity contribution in [3.05, 3.63) is 23.3 Å². The standard InChI is InChI=1S/C8H10B2O5.C2H6/c11-3-5-1-6-4-15-10(14)8(6)2-7(5)9(12)13;1-2/h1-2,11-14H,3-4H2;1-2H3. The van der Waals surface area contributed by atoms with E-state index in [1.807, 2.05) is 13.8 Å². The molecule has 0 radical (unpaired) electrons. The lowest BCUT2D eigenvalue weighted by atomic mass is 9.70. The zero-order valence-electron chi connectivity index (χ0n) is 9.92. The molecule has 0 saturated carbocycles. The molecular formula is C10H16B2O5. The molecule has 1 aliphatic rings. The highest BCUT2D eigenvalue weighted by Gasteiger charge is 2.30. The molecule has 92 valence electrons. The van der Waals surface area contributed by atoms with Crippen molar-refractivity contribution in [3.8, 4) is 0 Å². The van der Waals surface area contributed by atoms with Crippen LogP contribution in [0.2, 0.25) is 0 Å². The van der Waals surface area contributed by atoms with Gasteiger partial charge >= 0.3 is 14.2 Å². The zero-order chi connectivity index (χ0) is 13.0. The van der Waals surface area contributed by atoms with Crippen LogP contribution < -0.4 is 10.9 Å². The molecule has 0 aliphatic carbocycles. The Morgan fingerprint density at radius 1 is 1.35 bits per heavy atom. The van der Waals surface area contributed by atoms with Crippen LogP contribution in [-0.2, 0) is 17.9 Å². The van der Waals surface area contributed by atoms with E-state index in [-0.39, 0.29) is 18.7 Å². The van der Waals surface area contributed by atoms with E-state index in [9.17, 15) is 5.02 Å². The van der Waals surface area contributed by atoms with Crippen molar-refractivity contribution >= 4 is 25.2 Å². The van der Waals surface area contributed by atoms with E-state index in [0.29, 0.717) is 11.0 Å². The molecule has 0 amide bonds. The molecule has 0 fully saturated rings. The van der Waals surface area contributed by atoms with Gasteiger partial charge in [0.05, 0.1) is 13.2 Å². The second-order valence-electron chi connectivity index (χ2n) is 3.44. The second kappa shape index (κ2) is 6.18. The van der Waals surface area contributed by atoms with E-state index >= 15 is 0 Å². The zero-order valence-corrected chi connectivity index (χ0v) is 9.92. The summed E-state index contributed by atoms with van der Waals surface area (Å²) in [6, 6.07) is 3.06. The molecular weight excluding hydrogens is 222 g/mol. The quantitative estimate of drug-likeness (QED) is 0.452. The van der Waals surface area contributed by atoms with Gasteiger partial charge in [-0.25, -0.2) is 0 Å². The molecule has 7 heteroatoms. The Labute approximate surface area is 101 Å². The van der Waals surface area contributed by atoms with Crippen molar-refractivity contribution < 1.29 is 24.8 Å². The molecule has 4 N–H and O–H groups in total. The van der Waals surface area contributed by atoms with Gasteiger partial charge < -0.3 is 24.8 Å². The number of aliphatic hydroxyl groups excluding tert-OH is 1. The van der Waals surface area contributed by atoms with E-state index in [4.69, 9.17) is 19.8 Å². The van der Waals surface area contributed by atoms with Crippen LogP contribution in [-0.4, -0.2) is 34.4 Å². The first-order chi connectivity index (χ1) is 8.13. The minimum atomic E-state index is -1.66. The van der Waals surface area contributed by atoms with Crippen molar-refractivity contribution in [2.75, 3.05) is 0 Å². The Bertz CT molecular complexity index is 383. The normalized spacial score (nSPS) is 12.9. The minimum absolute atomic E-state index is 0.195. The summed E-state index contributed by atoms with van der Waals surface area (Å²) >= 11 is 0. The SMILES string of the molecule is CC.OCc1cc2c(cc1B(O)O)B(O)OC2. The topological polar surface area (TPSA) is 90.2 Å². The highest BCUT2D eigenvalue weighted by molar-refractivity contribution is 6.64. The summed E-state index contributed by atoms with van der Waals surface area (Å²) in [5.74, 6) is 0. The van der Waals surface area contributed by atoms with E-state index < -0.39 is 14.2 Å². The van der Waals surface area contributed by atoms with Gasteiger partial charge in [-0.1, -0.05) is 26.0 Å². The number of rotatable bonds is 2. The Hall–Kier alpha value is -0.850. The molecule has 0 saturated heterocycles. The van der Waals surface area contributed by atoms with Crippen molar-refractivity contribution in [3.63, 3.8) is 0 Å². The third-order valence-electron chi connectivity index (χ3n) is 2.51. The second-order valence-corrected chi connectivity index (χ2v) is 3.44. The van der Waals surface area contributed by atoms with E-state index in [2.05, 4.69) is 0 Å². The van der Waals surface area contributed by atoms with Gasteiger partial charge in [-0.3, -0.25) is 0 Å². The predicted molar refractivity (Wildman–Crippen MR) is 65.9 cm³/mol. The highest BCUT2D eigenvalue weighted by Crippen LogP contribution is 2.11. The van der Waals surface area contributed by atoms with Gasteiger partial charge in [-0.15, -0.1) is 0 Å². The smallest absolute Gasteiger partial charge is 0.423 e. The van der Waals surface area contributed by atoms with Gasteiger partial charge in [0.25, 0.3) is 0 Å². The summed E-state index contributed by atoms with van der Waals surface area (Å²) in [6.07, 6.45) is 0. The first-order valence-electron chi connectivity index (χ1n) is 5.55. The Balaban J connectivity index is 0.000000686. The third kappa shape index (κ3) is 2.88. The maximum Gasteiger partial charge on any atom is 0.491 e. The van der Waals surface area contributed by atoms with Gasteiger partial charge in [0.1, 0.15) is 0 Å². The molecule has 0 unspecified atom stereocenters. The largest absolute Gasteiger partial charge is 0.491 e. The highest BCUT2D eigenvalue weighted by atomic mass is 16.5. The number of hydrogen-bond donors (Lipinski definition) is 4. The molecule has 0 aromatic heterocycles. The van der Waals surface area contributed by atoms with Gasteiger partial charge in [0, 0.05) is 0 Å². The van der Waals surface area contributed by atoms with E-state index in [1.165, 1.54) is 6.07 Å². The maximum atomic E-state index is 9.40. The Morgan fingerprint density at radius 3 is 2.53 bits per heavy atom. The first-order valence-corrected chi connectivity index (χ1v) is 5.55. The monoisotopic (exact) mass is 238 g/mol. The molecule has 1 aliphatic heterocycles. The van der Waals surface area contributed by atoms with Gasteiger partial charge in [0.15, 0.2) is 0 Å². The maximum absolute atomic E-state index is 9.40. The molecule has 0 bridgehead atoms. The fraction of sp³-hybridized carbons (Fsp3) is 0.400. The summed E-state index contributed by atoms with van der Waals surface area (Å²) in [6.45, 7) is 3.99. The lowest BCUT2D eigenvalue weighted by Crippen LogP contribution is -2.39. The summed E-state index contributed by atoms with van der Waals surface area (Å²) in [5.41, 5.74) is 1.91. The lowest BCUT2D eigenvalue weighted by molar-refractivity contribution is 0.273. The van der Waals surface area contributed by atoms with Crippen molar-refractivity contribution in [1.82, 2.24) is 0 Å². The first kappa shape index (κ1) is 14.2. The number of aliphatic hydroxyl groups is 1. The summed E-state index contributed by atoms with van der Waals surface area (Å²) in [7, 11) is -2.68. The molecule has 2 rings (SSSR count). The fourth-order valence-corrected chi connectivity index (χ4v) is 1.72.